The van der Waals surface area contributed by atoms with Crippen LogP contribution in [-0.4, -0.2) is 72.2 Å². The van der Waals surface area contributed by atoms with Gasteiger partial charge in [0, 0.05) is 39.3 Å². The highest BCUT2D eigenvalue weighted by Crippen LogP contribution is 2.21. The van der Waals surface area contributed by atoms with Crippen LogP contribution in [0.25, 0.3) is 0 Å². The van der Waals surface area contributed by atoms with Crippen LogP contribution < -0.4 is 19.3 Å². The number of anilines is 2. The molecule has 0 bridgehead atoms. The van der Waals surface area contributed by atoms with Gasteiger partial charge in [-0.2, -0.15) is 15.0 Å². The Bertz CT molecular complexity index is 690. The number of hydrogen-bond donors (Lipinski definition) is 0. The smallest absolute Gasteiger partial charge is 0.330 e. The Labute approximate surface area is 145 Å². The van der Waals surface area contributed by atoms with E-state index in [2.05, 4.69) is 25.1 Å². The van der Waals surface area contributed by atoms with Crippen molar-refractivity contribution in [2.75, 3.05) is 56.8 Å². The van der Waals surface area contributed by atoms with Gasteiger partial charge >= 0.3 is 6.01 Å². The third-order valence-corrected chi connectivity index (χ3v) is 3.39. The van der Waals surface area contributed by atoms with E-state index in [1.807, 2.05) is 25.9 Å². The third-order valence-electron chi connectivity index (χ3n) is 3.39. The summed E-state index contributed by atoms with van der Waals surface area (Å²) in [5.41, 5.74) is 0. The van der Waals surface area contributed by atoms with Crippen LogP contribution >= 0.6 is 0 Å². The molecule has 134 valence electrons. The van der Waals surface area contributed by atoms with Crippen LogP contribution in [0.4, 0.5) is 11.9 Å². The third kappa shape index (κ3) is 4.41. The van der Waals surface area contributed by atoms with Gasteiger partial charge in [-0.05, 0) is 6.92 Å². The van der Waals surface area contributed by atoms with Crippen LogP contribution in [0.5, 0.6) is 17.8 Å². The predicted molar refractivity (Wildman–Crippen MR) is 90.5 cm³/mol. The van der Waals surface area contributed by atoms with Crippen molar-refractivity contribution in [3.05, 3.63) is 12.1 Å². The van der Waals surface area contributed by atoms with Gasteiger partial charge in [-0.3, -0.25) is 0 Å². The first-order chi connectivity index (χ1) is 12.2. The molecule has 1 fully saturated rings. The van der Waals surface area contributed by atoms with E-state index in [9.17, 15) is 0 Å². The lowest BCUT2D eigenvalue weighted by molar-refractivity contribution is 0.122. The van der Waals surface area contributed by atoms with Gasteiger partial charge in [0.15, 0.2) is 0 Å². The van der Waals surface area contributed by atoms with E-state index in [1.54, 1.807) is 17.0 Å². The maximum absolute atomic E-state index is 5.66. The van der Waals surface area contributed by atoms with Crippen molar-refractivity contribution in [1.29, 1.82) is 0 Å². The fraction of sp³-hybridized carbons (Fsp3) is 0.533. The molecule has 0 unspecified atom stereocenters. The predicted octanol–water partition coefficient (Wildman–Crippen LogP) is 0.755. The van der Waals surface area contributed by atoms with Gasteiger partial charge < -0.3 is 24.0 Å². The molecular weight excluding hydrogens is 326 g/mol. The molecule has 0 aliphatic carbocycles. The van der Waals surface area contributed by atoms with Crippen LogP contribution in [-0.2, 0) is 4.74 Å². The van der Waals surface area contributed by atoms with Crippen molar-refractivity contribution >= 4 is 11.9 Å². The molecule has 3 heterocycles. The van der Waals surface area contributed by atoms with E-state index in [0.29, 0.717) is 37.6 Å². The fourth-order valence-electron chi connectivity index (χ4n) is 2.17. The molecule has 0 aromatic carbocycles. The second kappa shape index (κ2) is 7.88. The first kappa shape index (κ1) is 17.1. The minimum Gasteiger partial charge on any atom is -0.477 e. The minimum atomic E-state index is 0.165. The number of rotatable bonds is 6. The normalized spacial score (nSPS) is 14.3. The van der Waals surface area contributed by atoms with E-state index >= 15 is 0 Å². The maximum Gasteiger partial charge on any atom is 0.330 e. The van der Waals surface area contributed by atoms with Crippen molar-refractivity contribution < 1.29 is 14.2 Å². The van der Waals surface area contributed by atoms with E-state index in [1.165, 1.54) is 0 Å². The quantitative estimate of drug-likeness (QED) is 0.744. The Morgan fingerprint density at radius 3 is 2.44 bits per heavy atom. The van der Waals surface area contributed by atoms with Gasteiger partial charge in [0.05, 0.1) is 19.8 Å². The molecule has 0 N–H and O–H groups in total. The van der Waals surface area contributed by atoms with Gasteiger partial charge in [0.25, 0.3) is 0 Å². The summed E-state index contributed by atoms with van der Waals surface area (Å²) < 4.78 is 16.3. The van der Waals surface area contributed by atoms with Crippen molar-refractivity contribution in [3.63, 3.8) is 0 Å². The molecular formula is C15H21N7O3. The highest BCUT2D eigenvalue weighted by molar-refractivity contribution is 5.40. The lowest BCUT2D eigenvalue weighted by Gasteiger charge is -2.27. The molecule has 1 aliphatic heterocycles. The first-order valence-corrected chi connectivity index (χ1v) is 8.06. The van der Waals surface area contributed by atoms with Gasteiger partial charge in [-0.25, -0.2) is 0 Å². The lowest BCUT2D eigenvalue weighted by atomic mass is 10.4. The van der Waals surface area contributed by atoms with E-state index < -0.39 is 0 Å². The second-order valence-corrected chi connectivity index (χ2v) is 5.46. The Kier molecular flexibility index (Phi) is 5.39. The highest BCUT2D eigenvalue weighted by atomic mass is 16.5. The Morgan fingerprint density at radius 2 is 1.80 bits per heavy atom. The van der Waals surface area contributed by atoms with Gasteiger partial charge in [0.2, 0.25) is 23.7 Å². The molecule has 0 radical (unpaired) electrons. The van der Waals surface area contributed by atoms with Gasteiger partial charge in [-0.15, -0.1) is 10.2 Å². The average Bonchev–Trinajstić information content (AvgIpc) is 2.64. The zero-order valence-corrected chi connectivity index (χ0v) is 14.5. The number of morpholine rings is 1. The molecule has 2 aromatic heterocycles. The van der Waals surface area contributed by atoms with Crippen molar-refractivity contribution in [3.8, 4) is 17.8 Å². The lowest BCUT2D eigenvalue weighted by Crippen LogP contribution is -2.37. The van der Waals surface area contributed by atoms with E-state index in [4.69, 9.17) is 14.2 Å². The molecule has 3 rings (SSSR count). The Hall–Kier alpha value is -2.75. The molecule has 0 atom stereocenters. The topological polar surface area (TPSA) is 98.6 Å². The standard InChI is InChI=1S/C15H21N7O3/c1-4-24-11-5-6-12(20-19-11)25-15-17-13(21(2)3)16-14(18-15)22-7-9-23-10-8-22/h5-6H,4,7-10H2,1-3H3. The number of hydrogen-bond acceptors (Lipinski definition) is 10. The average molecular weight is 347 g/mol. The van der Waals surface area contributed by atoms with Crippen molar-refractivity contribution in [1.82, 2.24) is 25.1 Å². The summed E-state index contributed by atoms with van der Waals surface area (Å²) in [6.45, 7) is 5.13. The molecule has 1 aliphatic rings. The number of aromatic nitrogens is 5. The van der Waals surface area contributed by atoms with Gasteiger partial charge in [-0.1, -0.05) is 0 Å². The molecule has 10 nitrogen and oxygen atoms in total. The molecule has 10 heteroatoms. The zero-order chi connectivity index (χ0) is 17.6. The highest BCUT2D eigenvalue weighted by Gasteiger charge is 2.18. The maximum atomic E-state index is 5.66. The molecule has 0 saturated carbocycles. The van der Waals surface area contributed by atoms with Crippen LogP contribution in [0.2, 0.25) is 0 Å². The largest absolute Gasteiger partial charge is 0.477 e. The van der Waals surface area contributed by atoms with Gasteiger partial charge in [0.1, 0.15) is 0 Å². The summed E-state index contributed by atoms with van der Waals surface area (Å²) in [6.07, 6.45) is 0. The van der Waals surface area contributed by atoms with Crippen LogP contribution in [0.1, 0.15) is 6.92 Å². The van der Waals surface area contributed by atoms with E-state index in [0.717, 1.165) is 13.1 Å². The molecule has 0 amide bonds. The SMILES string of the molecule is CCOc1ccc(Oc2nc(N(C)C)nc(N3CCOCC3)n2)nn1. The summed E-state index contributed by atoms with van der Waals surface area (Å²) >= 11 is 0. The monoisotopic (exact) mass is 347 g/mol. The molecule has 2 aromatic rings. The Balaban J connectivity index is 1.82. The fourth-order valence-corrected chi connectivity index (χ4v) is 2.17. The van der Waals surface area contributed by atoms with Crippen LogP contribution in [0.15, 0.2) is 12.1 Å². The molecule has 0 spiro atoms. The second-order valence-electron chi connectivity index (χ2n) is 5.46. The van der Waals surface area contributed by atoms with Crippen LogP contribution in [0, 0.1) is 0 Å². The Morgan fingerprint density at radius 1 is 1.08 bits per heavy atom. The van der Waals surface area contributed by atoms with Crippen LogP contribution in [0.3, 0.4) is 0 Å². The minimum absolute atomic E-state index is 0.165. The molecule has 25 heavy (non-hydrogen) atoms. The zero-order valence-electron chi connectivity index (χ0n) is 14.5. The van der Waals surface area contributed by atoms with Crippen molar-refractivity contribution in [2.24, 2.45) is 0 Å². The number of nitrogens with zero attached hydrogens (tertiary/aromatic N) is 7. The summed E-state index contributed by atoms with van der Waals surface area (Å²) in [5, 5.41) is 7.89. The molecule has 1 saturated heterocycles. The summed E-state index contributed by atoms with van der Waals surface area (Å²) in [4.78, 5) is 17.0. The summed E-state index contributed by atoms with van der Waals surface area (Å²) in [7, 11) is 3.72. The summed E-state index contributed by atoms with van der Waals surface area (Å²) in [6, 6.07) is 3.51. The first-order valence-electron chi connectivity index (χ1n) is 8.06. The number of ether oxygens (including phenoxy) is 3. The van der Waals surface area contributed by atoms with E-state index in [-0.39, 0.29) is 11.9 Å². The van der Waals surface area contributed by atoms with Crippen molar-refractivity contribution in [2.45, 2.75) is 6.92 Å². The summed E-state index contributed by atoms with van der Waals surface area (Å²) in [5.74, 6) is 1.78.